The van der Waals surface area contributed by atoms with Crippen LogP contribution in [0.25, 0.3) is 0 Å². The fraction of sp³-hybridized carbons (Fsp3) is 0.417. The molecule has 0 aliphatic rings. The Hall–Kier alpha value is -1.06. The summed E-state index contributed by atoms with van der Waals surface area (Å²) in [6, 6.07) is 7.43. The lowest BCUT2D eigenvalue weighted by molar-refractivity contribution is 0.0949. The third-order valence-corrected chi connectivity index (χ3v) is 2.39. The van der Waals surface area contributed by atoms with Gasteiger partial charge in [-0.1, -0.05) is 17.7 Å². The topological polar surface area (TPSA) is 38.3 Å². The van der Waals surface area contributed by atoms with Gasteiger partial charge in [-0.05, 0) is 19.1 Å². The maximum atomic E-state index is 11.7. The molecule has 0 spiro atoms. The SMILES string of the molecule is COCC(Cl)CNC(=O)c1cccc(C)c1. The largest absolute Gasteiger partial charge is 0.383 e. The van der Waals surface area contributed by atoms with E-state index in [1.807, 2.05) is 25.1 Å². The normalized spacial score (nSPS) is 12.2. The first-order valence-corrected chi connectivity index (χ1v) is 5.55. The molecular formula is C12H16ClNO2. The van der Waals surface area contributed by atoms with Crippen molar-refractivity contribution in [2.45, 2.75) is 12.3 Å². The van der Waals surface area contributed by atoms with Crippen LogP contribution < -0.4 is 5.32 Å². The van der Waals surface area contributed by atoms with Gasteiger partial charge < -0.3 is 10.1 Å². The first-order valence-electron chi connectivity index (χ1n) is 5.11. The highest BCUT2D eigenvalue weighted by Gasteiger charge is 2.08. The first kappa shape index (κ1) is 13.0. The summed E-state index contributed by atoms with van der Waals surface area (Å²) in [7, 11) is 1.58. The van der Waals surface area contributed by atoms with Gasteiger partial charge in [-0.25, -0.2) is 0 Å². The third-order valence-electron chi connectivity index (χ3n) is 2.11. The number of hydrogen-bond donors (Lipinski definition) is 1. The van der Waals surface area contributed by atoms with Gasteiger partial charge in [0.25, 0.3) is 5.91 Å². The molecule has 0 saturated heterocycles. The molecule has 0 heterocycles. The average molecular weight is 242 g/mol. The lowest BCUT2D eigenvalue weighted by Gasteiger charge is -2.10. The van der Waals surface area contributed by atoms with Crippen LogP contribution in [0.2, 0.25) is 0 Å². The van der Waals surface area contributed by atoms with Gasteiger partial charge >= 0.3 is 0 Å². The molecule has 0 fully saturated rings. The van der Waals surface area contributed by atoms with Gasteiger partial charge in [-0.15, -0.1) is 11.6 Å². The average Bonchev–Trinajstić information content (AvgIpc) is 2.26. The van der Waals surface area contributed by atoms with Gasteiger partial charge in [0.1, 0.15) is 0 Å². The van der Waals surface area contributed by atoms with Crippen LogP contribution in [-0.4, -0.2) is 31.5 Å². The fourth-order valence-electron chi connectivity index (χ4n) is 1.33. The minimum atomic E-state index is -0.196. The highest BCUT2D eigenvalue weighted by molar-refractivity contribution is 6.21. The molecule has 0 aliphatic carbocycles. The van der Waals surface area contributed by atoms with Gasteiger partial charge in [0, 0.05) is 19.2 Å². The summed E-state index contributed by atoms with van der Waals surface area (Å²) in [5.74, 6) is -0.106. The molecule has 1 amide bonds. The van der Waals surface area contributed by atoms with Crippen LogP contribution in [-0.2, 0) is 4.74 Å². The summed E-state index contributed by atoms with van der Waals surface area (Å²) in [4.78, 5) is 11.7. The van der Waals surface area contributed by atoms with Gasteiger partial charge in [0.05, 0.1) is 12.0 Å². The molecule has 1 atom stereocenters. The van der Waals surface area contributed by atoms with Crippen LogP contribution in [0.3, 0.4) is 0 Å². The molecule has 16 heavy (non-hydrogen) atoms. The van der Waals surface area contributed by atoms with Crippen molar-refractivity contribution in [2.24, 2.45) is 0 Å². The molecule has 0 radical (unpaired) electrons. The number of nitrogens with one attached hydrogen (secondary N) is 1. The number of carbonyl (C=O) groups excluding carboxylic acids is 1. The smallest absolute Gasteiger partial charge is 0.251 e. The Morgan fingerprint density at radius 1 is 1.56 bits per heavy atom. The Bertz CT molecular complexity index is 355. The Morgan fingerprint density at radius 2 is 2.31 bits per heavy atom. The Kier molecular flexibility index (Phi) is 5.29. The highest BCUT2D eigenvalue weighted by atomic mass is 35.5. The van der Waals surface area contributed by atoms with Crippen molar-refractivity contribution in [3.05, 3.63) is 35.4 Å². The third kappa shape index (κ3) is 4.21. The number of carbonyl (C=O) groups is 1. The van der Waals surface area contributed by atoms with E-state index in [0.717, 1.165) is 5.56 Å². The number of rotatable bonds is 5. The molecule has 0 aromatic heterocycles. The van der Waals surface area contributed by atoms with E-state index in [2.05, 4.69) is 5.32 Å². The van der Waals surface area contributed by atoms with Gasteiger partial charge in [-0.3, -0.25) is 4.79 Å². The van der Waals surface area contributed by atoms with Crippen molar-refractivity contribution in [3.63, 3.8) is 0 Å². The molecule has 1 rings (SSSR count). The minimum absolute atomic E-state index is 0.106. The van der Waals surface area contributed by atoms with Gasteiger partial charge in [0.15, 0.2) is 0 Å². The number of methoxy groups -OCH3 is 1. The van der Waals surface area contributed by atoms with Crippen molar-refractivity contribution in [3.8, 4) is 0 Å². The van der Waals surface area contributed by atoms with Crippen LogP contribution in [0.1, 0.15) is 15.9 Å². The molecule has 1 N–H and O–H groups in total. The zero-order chi connectivity index (χ0) is 12.0. The predicted octanol–water partition coefficient (Wildman–Crippen LogP) is 1.98. The van der Waals surface area contributed by atoms with Crippen molar-refractivity contribution in [1.82, 2.24) is 5.32 Å². The van der Waals surface area contributed by atoms with Crippen LogP contribution in [0.15, 0.2) is 24.3 Å². The number of halogens is 1. The second-order valence-electron chi connectivity index (χ2n) is 3.63. The van der Waals surface area contributed by atoms with E-state index in [9.17, 15) is 4.79 Å². The van der Waals surface area contributed by atoms with Crippen molar-refractivity contribution in [1.29, 1.82) is 0 Å². The van der Waals surface area contributed by atoms with Gasteiger partial charge in [0.2, 0.25) is 0 Å². The lowest BCUT2D eigenvalue weighted by Crippen LogP contribution is -2.31. The maximum Gasteiger partial charge on any atom is 0.251 e. The molecule has 0 aliphatic heterocycles. The lowest BCUT2D eigenvalue weighted by atomic mass is 10.1. The number of amides is 1. The highest BCUT2D eigenvalue weighted by Crippen LogP contribution is 2.04. The number of benzene rings is 1. The Labute approximate surface area is 101 Å². The second kappa shape index (κ2) is 6.51. The van der Waals surface area contributed by atoms with Crippen LogP contribution in [0, 0.1) is 6.92 Å². The summed E-state index contributed by atoms with van der Waals surface area (Å²) >= 11 is 5.90. The Balaban J connectivity index is 2.47. The summed E-state index contributed by atoms with van der Waals surface area (Å²) < 4.78 is 4.88. The number of aryl methyl sites for hydroxylation is 1. The molecule has 0 saturated carbocycles. The molecule has 88 valence electrons. The van der Waals surface area contributed by atoms with Gasteiger partial charge in [-0.2, -0.15) is 0 Å². The first-order chi connectivity index (χ1) is 7.63. The molecule has 4 heteroatoms. The summed E-state index contributed by atoms with van der Waals surface area (Å²) in [5.41, 5.74) is 1.72. The van der Waals surface area contributed by atoms with E-state index in [1.54, 1.807) is 13.2 Å². The van der Waals surface area contributed by atoms with Crippen LogP contribution in [0.5, 0.6) is 0 Å². The summed E-state index contributed by atoms with van der Waals surface area (Å²) in [6.45, 7) is 2.78. The van der Waals surface area contributed by atoms with E-state index in [-0.39, 0.29) is 11.3 Å². The van der Waals surface area contributed by atoms with Crippen molar-refractivity contribution in [2.75, 3.05) is 20.3 Å². The number of alkyl halides is 1. The molecule has 1 aromatic rings. The van der Waals surface area contributed by atoms with Crippen molar-refractivity contribution >= 4 is 17.5 Å². The van der Waals surface area contributed by atoms with E-state index in [4.69, 9.17) is 16.3 Å². The number of ether oxygens (including phenoxy) is 1. The zero-order valence-electron chi connectivity index (χ0n) is 9.50. The molecule has 0 bridgehead atoms. The minimum Gasteiger partial charge on any atom is -0.383 e. The predicted molar refractivity (Wildman–Crippen MR) is 65.0 cm³/mol. The van der Waals surface area contributed by atoms with Crippen LogP contribution >= 0.6 is 11.6 Å². The zero-order valence-corrected chi connectivity index (χ0v) is 10.3. The quantitative estimate of drug-likeness (QED) is 0.801. The van der Waals surface area contributed by atoms with E-state index >= 15 is 0 Å². The number of hydrogen-bond acceptors (Lipinski definition) is 2. The van der Waals surface area contributed by atoms with E-state index in [0.29, 0.717) is 18.7 Å². The monoisotopic (exact) mass is 241 g/mol. The summed E-state index contributed by atoms with van der Waals surface area (Å²) in [5, 5.41) is 2.56. The Morgan fingerprint density at radius 3 is 2.94 bits per heavy atom. The fourth-order valence-corrected chi connectivity index (χ4v) is 1.53. The van der Waals surface area contributed by atoms with Crippen LogP contribution in [0.4, 0.5) is 0 Å². The standard InChI is InChI=1S/C12H16ClNO2/c1-9-4-3-5-10(6-9)12(15)14-7-11(13)8-16-2/h3-6,11H,7-8H2,1-2H3,(H,14,15). The maximum absolute atomic E-state index is 11.7. The second-order valence-corrected chi connectivity index (χ2v) is 4.25. The molecule has 1 unspecified atom stereocenters. The summed E-state index contributed by atoms with van der Waals surface area (Å²) in [6.07, 6.45) is 0. The van der Waals surface area contributed by atoms with Crippen molar-refractivity contribution < 1.29 is 9.53 Å². The van der Waals surface area contributed by atoms with E-state index < -0.39 is 0 Å². The molecular weight excluding hydrogens is 226 g/mol. The molecule has 1 aromatic carbocycles. The van der Waals surface area contributed by atoms with E-state index in [1.165, 1.54) is 0 Å². The molecule has 3 nitrogen and oxygen atoms in total.